The second-order valence-electron chi connectivity index (χ2n) is 5.02. The van der Waals surface area contributed by atoms with Gasteiger partial charge in [0.05, 0.1) is 5.52 Å². The van der Waals surface area contributed by atoms with Gasteiger partial charge < -0.3 is 15.7 Å². The smallest absolute Gasteiger partial charge is 0.374 e. The van der Waals surface area contributed by atoms with Crippen LogP contribution in [0.5, 0.6) is 0 Å². The van der Waals surface area contributed by atoms with Crippen molar-refractivity contribution in [3.8, 4) is 0 Å². The lowest BCUT2D eigenvalue weighted by Gasteiger charge is -2.31. The molecule has 1 aromatic carbocycles. The Morgan fingerprint density at radius 3 is 2.65 bits per heavy atom. The first-order valence-corrected chi connectivity index (χ1v) is 6.66. The minimum Gasteiger partial charge on any atom is -0.475 e. The molecule has 1 aliphatic heterocycles. The summed E-state index contributed by atoms with van der Waals surface area (Å²) in [5, 5.41) is 10.0. The molecule has 6 heteroatoms. The van der Waals surface area contributed by atoms with Gasteiger partial charge in [-0.1, -0.05) is 12.1 Å². The summed E-state index contributed by atoms with van der Waals surface area (Å²) in [4.78, 5) is 21.6. The predicted octanol–water partition coefficient (Wildman–Crippen LogP) is 1.26. The number of carboxylic acids is 1. The topological polar surface area (TPSA) is 92.3 Å². The molecule has 3 rings (SSSR count). The molecule has 1 aliphatic rings. The summed E-state index contributed by atoms with van der Waals surface area (Å²) in [6.07, 6.45) is 1.78. The highest BCUT2D eigenvalue weighted by atomic mass is 16.4. The lowest BCUT2D eigenvalue weighted by molar-refractivity contribution is 0.0684. The number of fused-ring (bicyclic) bond motifs is 1. The molecule has 0 aliphatic carbocycles. The normalized spacial score (nSPS) is 16.6. The molecule has 0 unspecified atom stereocenters. The van der Waals surface area contributed by atoms with E-state index in [1.165, 1.54) is 0 Å². The second-order valence-corrected chi connectivity index (χ2v) is 5.02. The van der Waals surface area contributed by atoms with Gasteiger partial charge in [0.15, 0.2) is 0 Å². The standard InChI is InChI=1S/C14H16N4O2/c15-9-5-7-18(8-6-9)13-10-3-1-2-4-11(10)16-12(17-13)14(19)20/h1-4,9H,5-8,15H2,(H,19,20). The highest BCUT2D eigenvalue weighted by Crippen LogP contribution is 2.26. The van der Waals surface area contributed by atoms with Crippen LogP contribution >= 0.6 is 0 Å². The lowest BCUT2D eigenvalue weighted by atomic mass is 10.1. The molecule has 104 valence electrons. The van der Waals surface area contributed by atoms with Gasteiger partial charge in [0.1, 0.15) is 5.82 Å². The molecule has 20 heavy (non-hydrogen) atoms. The Kier molecular flexibility index (Phi) is 3.23. The largest absolute Gasteiger partial charge is 0.475 e. The number of piperidine rings is 1. The molecule has 0 saturated carbocycles. The monoisotopic (exact) mass is 272 g/mol. The van der Waals surface area contributed by atoms with Crippen molar-refractivity contribution in [3.05, 3.63) is 30.1 Å². The zero-order chi connectivity index (χ0) is 14.1. The molecule has 0 atom stereocenters. The van der Waals surface area contributed by atoms with Gasteiger partial charge in [-0.05, 0) is 25.0 Å². The van der Waals surface area contributed by atoms with Gasteiger partial charge in [-0.15, -0.1) is 0 Å². The summed E-state index contributed by atoms with van der Waals surface area (Å²) < 4.78 is 0. The Morgan fingerprint density at radius 1 is 1.25 bits per heavy atom. The summed E-state index contributed by atoms with van der Waals surface area (Å²) in [6, 6.07) is 7.70. The van der Waals surface area contributed by atoms with E-state index < -0.39 is 5.97 Å². The lowest BCUT2D eigenvalue weighted by Crippen LogP contribution is -2.40. The van der Waals surface area contributed by atoms with Gasteiger partial charge in [0, 0.05) is 24.5 Å². The minimum atomic E-state index is -1.11. The van der Waals surface area contributed by atoms with Crippen molar-refractivity contribution in [1.82, 2.24) is 9.97 Å². The van der Waals surface area contributed by atoms with Crippen LogP contribution in [-0.2, 0) is 0 Å². The average Bonchev–Trinajstić information content (AvgIpc) is 2.47. The Bertz CT molecular complexity index is 651. The van der Waals surface area contributed by atoms with Gasteiger partial charge in [-0.2, -0.15) is 0 Å². The average molecular weight is 272 g/mol. The first-order chi connectivity index (χ1) is 9.65. The van der Waals surface area contributed by atoms with Gasteiger partial charge in [-0.25, -0.2) is 14.8 Å². The SMILES string of the molecule is NC1CCN(c2nc(C(=O)O)nc3ccccc23)CC1. The number of benzene rings is 1. The summed E-state index contributed by atoms with van der Waals surface area (Å²) in [6.45, 7) is 1.59. The van der Waals surface area contributed by atoms with Crippen LogP contribution in [0, 0.1) is 0 Å². The number of rotatable bonds is 2. The van der Waals surface area contributed by atoms with E-state index in [0.717, 1.165) is 31.3 Å². The van der Waals surface area contributed by atoms with Crippen molar-refractivity contribution in [2.75, 3.05) is 18.0 Å². The maximum absolute atomic E-state index is 11.2. The Morgan fingerprint density at radius 2 is 1.95 bits per heavy atom. The number of carbonyl (C=O) groups is 1. The summed E-state index contributed by atoms with van der Waals surface area (Å²) in [7, 11) is 0. The van der Waals surface area contributed by atoms with Gasteiger partial charge in [0.2, 0.25) is 5.82 Å². The third kappa shape index (κ3) is 2.30. The summed E-state index contributed by atoms with van der Waals surface area (Å²) >= 11 is 0. The van der Waals surface area contributed by atoms with Crippen LogP contribution in [0.1, 0.15) is 23.5 Å². The third-order valence-electron chi connectivity index (χ3n) is 3.61. The quantitative estimate of drug-likeness (QED) is 0.855. The maximum atomic E-state index is 11.2. The molecule has 1 aromatic heterocycles. The van der Waals surface area contributed by atoms with E-state index in [9.17, 15) is 4.79 Å². The van der Waals surface area contributed by atoms with Crippen LogP contribution in [0.2, 0.25) is 0 Å². The molecule has 0 bridgehead atoms. The maximum Gasteiger partial charge on any atom is 0.374 e. The van der Waals surface area contributed by atoms with Crippen LogP contribution in [0.4, 0.5) is 5.82 Å². The molecule has 0 spiro atoms. The third-order valence-corrected chi connectivity index (χ3v) is 3.61. The number of hydrogen-bond donors (Lipinski definition) is 2. The number of anilines is 1. The number of nitrogens with zero attached hydrogens (tertiary/aromatic N) is 3. The van der Waals surface area contributed by atoms with E-state index in [4.69, 9.17) is 10.8 Å². The highest BCUT2D eigenvalue weighted by Gasteiger charge is 2.21. The van der Waals surface area contributed by atoms with Crippen molar-refractivity contribution in [1.29, 1.82) is 0 Å². The van der Waals surface area contributed by atoms with Crippen molar-refractivity contribution in [3.63, 3.8) is 0 Å². The fourth-order valence-electron chi connectivity index (χ4n) is 2.51. The molecular formula is C14H16N4O2. The van der Waals surface area contributed by atoms with Crippen LogP contribution < -0.4 is 10.6 Å². The summed E-state index contributed by atoms with van der Waals surface area (Å²) in [5.74, 6) is -0.570. The van der Waals surface area contributed by atoms with Crippen LogP contribution in [0.3, 0.4) is 0 Å². The number of nitrogens with two attached hydrogens (primary N) is 1. The molecule has 0 radical (unpaired) electrons. The van der Waals surface area contributed by atoms with Crippen molar-refractivity contribution in [2.24, 2.45) is 5.73 Å². The second kappa shape index (κ2) is 5.05. The molecule has 1 saturated heterocycles. The molecule has 2 aromatic rings. The van der Waals surface area contributed by atoms with Crippen LogP contribution in [-0.4, -0.2) is 40.2 Å². The van der Waals surface area contributed by atoms with E-state index in [-0.39, 0.29) is 11.9 Å². The molecule has 0 amide bonds. The Labute approximate surface area is 116 Å². The van der Waals surface area contributed by atoms with Crippen molar-refractivity contribution >= 4 is 22.7 Å². The first kappa shape index (κ1) is 12.8. The first-order valence-electron chi connectivity index (χ1n) is 6.66. The van der Waals surface area contributed by atoms with Crippen LogP contribution in [0.25, 0.3) is 10.9 Å². The number of aromatic nitrogens is 2. The van der Waals surface area contributed by atoms with Gasteiger partial charge >= 0.3 is 5.97 Å². The van der Waals surface area contributed by atoms with Crippen LogP contribution in [0.15, 0.2) is 24.3 Å². The van der Waals surface area contributed by atoms with E-state index in [1.54, 1.807) is 0 Å². The molecule has 6 nitrogen and oxygen atoms in total. The fraction of sp³-hybridized carbons (Fsp3) is 0.357. The van der Waals surface area contributed by atoms with Crippen molar-refractivity contribution in [2.45, 2.75) is 18.9 Å². The number of para-hydroxylation sites is 1. The van der Waals surface area contributed by atoms with E-state index in [1.807, 2.05) is 24.3 Å². The van der Waals surface area contributed by atoms with E-state index >= 15 is 0 Å². The van der Waals surface area contributed by atoms with Gasteiger partial charge in [0.25, 0.3) is 0 Å². The van der Waals surface area contributed by atoms with Gasteiger partial charge in [-0.3, -0.25) is 0 Å². The zero-order valence-corrected chi connectivity index (χ0v) is 11.0. The molecule has 1 fully saturated rings. The molecular weight excluding hydrogens is 256 g/mol. The Hall–Kier alpha value is -2.21. The predicted molar refractivity (Wildman–Crippen MR) is 75.9 cm³/mol. The highest BCUT2D eigenvalue weighted by molar-refractivity contribution is 5.93. The molecule has 2 heterocycles. The molecule has 3 N–H and O–H groups in total. The Balaban J connectivity index is 2.10. The zero-order valence-electron chi connectivity index (χ0n) is 11.0. The number of hydrogen-bond acceptors (Lipinski definition) is 5. The fourth-order valence-corrected chi connectivity index (χ4v) is 2.51. The number of carboxylic acid groups (broad SMARTS) is 1. The van der Waals surface area contributed by atoms with Crippen molar-refractivity contribution < 1.29 is 9.90 Å². The number of aromatic carboxylic acids is 1. The minimum absolute atomic E-state index is 0.159. The van der Waals surface area contributed by atoms with E-state index in [2.05, 4.69) is 14.9 Å². The van der Waals surface area contributed by atoms with E-state index in [0.29, 0.717) is 11.3 Å². The summed E-state index contributed by atoms with van der Waals surface area (Å²) in [5.41, 5.74) is 6.57.